The minimum Gasteiger partial charge on any atom is -0.481 e. The third-order valence-corrected chi connectivity index (χ3v) is 1.52. The molecule has 62 valence electrons. The zero-order valence-corrected chi connectivity index (χ0v) is 6.95. The Morgan fingerprint density at radius 2 is 2.50 bits per heavy atom. The molecular formula is C9H10N2O. The highest BCUT2D eigenvalue weighted by Crippen LogP contribution is 2.08. The minimum absolute atomic E-state index is 0.521. The number of rotatable bonds is 3. The van der Waals surface area contributed by atoms with Gasteiger partial charge in [0.25, 0.3) is 0 Å². The van der Waals surface area contributed by atoms with Crippen molar-refractivity contribution in [2.24, 2.45) is 0 Å². The summed E-state index contributed by atoms with van der Waals surface area (Å²) in [6, 6.07) is 3.75. The van der Waals surface area contributed by atoms with Gasteiger partial charge in [0.05, 0.1) is 7.11 Å². The average Bonchev–Trinajstić information content (AvgIpc) is 2.15. The molecule has 1 aromatic heterocycles. The van der Waals surface area contributed by atoms with E-state index in [1.807, 2.05) is 12.1 Å². The highest BCUT2D eigenvalue weighted by Gasteiger charge is 1.97. The van der Waals surface area contributed by atoms with Gasteiger partial charge in [0, 0.05) is 18.7 Å². The first-order valence-electron chi connectivity index (χ1n) is 3.69. The van der Waals surface area contributed by atoms with Crippen molar-refractivity contribution in [3.63, 3.8) is 0 Å². The first-order valence-corrected chi connectivity index (χ1v) is 3.69. The van der Waals surface area contributed by atoms with Crippen LogP contribution in [0.1, 0.15) is 5.56 Å². The molecule has 12 heavy (non-hydrogen) atoms. The van der Waals surface area contributed by atoms with Gasteiger partial charge < -0.3 is 9.58 Å². The quantitative estimate of drug-likeness (QED) is 0.630. The zero-order chi connectivity index (χ0) is 8.81. The summed E-state index contributed by atoms with van der Waals surface area (Å²) < 4.78 is 4.95. The molecule has 0 saturated heterocycles. The predicted molar refractivity (Wildman–Crippen MR) is 46.0 cm³/mol. The van der Waals surface area contributed by atoms with Crippen molar-refractivity contribution in [1.29, 1.82) is 0 Å². The van der Waals surface area contributed by atoms with E-state index in [-0.39, 0.29) is 0 Å². The van der Waals surface area contributed by atoms with Gasteiger partial charge in [0.2, 0.25) is 12.4 Å². The first kappa shape index (κ1) is 8.54. The molecule has 0 aliphatic carbocycles. The largest absolute Gasteiger partial charge is 0.481 e. The van der Waals surface area contributed by atoms with Gasteiger partial charge in [0.15, 0.2) is 0 Å². The summed E-state index contributed by atoms with van der Waals surface area (Å²) in [5, 5.41) is 0. The van der Waals surface area contributed by atoms with Crippen molar-refractivity contribution in [3.8, 4) is 5.88 Å². The van der Waals surface area contributed by atoms with Crippen molar-refractivity contribution in [3.05, 3.63) is 35.3 Å². The van der Waals surface area contributed by atoms with Crippen molar-refractivity contribution >= 4 is 0 Å². The lowest BCUT2D eigenvalue weighted by molar-refractivity contribution is 0.397. The lowest BCUT2D eigenvalue weighted by atomic mass is 10.2. The van der Waals surface area contributed by atoms with Gasteiger partial charge in [-0.05, 0) is 11.6 Å². The fraction of sp³-hybridized carbons (Fsp3) is 0.333. The molecule has 0 aliphatic rings. The highest BCUT2D eigenvalue weighted by atomic mass is 16.5. The van der Waals surface area contributed by atoms with Crippen LogP contribution in [-0.2, 0) is 6.42 Å². The fourth-order valence-electron chi connectivity index (χ4n) is 0.903. The molecule has 0 spiro atoms. The van der Waals surface area contributed by atoms with Crippen LogP contribution in [0, 0.1) is 6.57 Å². The number of nitrogens with zero attached hydrogens (tertiary/aromatic N) is 2. The standard InChI is InChI=1S/C9H10N2O/c1-10-5-3-8-4-6-11-9(7-8)12-2/h4,6-7H,3,5H2,2H3. The summed E-state index contributed by atoms with van der Waals surface area (Å²) in [7, 11) is 1.58. The molecule has 0 unspecified atom stereocenters. The number of pyridine rings is 1. The molecule has 1 heterocycles. The maximum Gasteiger partial charge on any atom is 0.218 e. The van der Waals surface area contributed by atoms with Crippen molar-refractivity contribution in [2.45, 2.75) is 6.42 Å². The minimum atomic E-state index is 0.521. The molecule has 1 aromatic rings. The lowest BCUT2D eigenvalue weighted by Gasteiger charge is -1.99. The number of hydrogen-bond acceptors (Lipinski definition) is 2. The van der Waals surface area contributed by atoms with E-state index in [0.717, 1.165) is 12.0 Å². The Labute approximate surface area is 71.8 Å². The Bertz CT molecular complexity index is 291. The molecule has 0 aromatic carbocycles. The van der Waals surface area contributed by atoms with Crippen LogP contribution in [0.5, 0.6) is 5.88 Å². The molecular weight excluding hydrogens is 152 g/mol. The number of aromatic nitrogens is 1. The second kappa shape index (κ2) is 4.35. The number of methoxy groups -OCH3 is 1. The van der Waals surface area contributed by atoms with Crippen LogP contribution in [-0.4, -0.2) is 18.6 Å². The Morgan fingerprint density at radius 1 is 1.67 bits per heavy atom. The molecule has 1 rings (SSSR count). The van der Waals surface area contributed by atoms with Crippen LogP contribution in [0.4, 0.5) is 0 Å². The maximum atomic E-state index is 6.63. The normalized spacial score (nSPS) is 9.00. The van der Waals surface area contributed by atoms with Gasteiger partial charge >= 0.3 is 0 Å². The summed E-state index contributed by atoms with van der Waals surface area (Å²) in [6.07, 6.45) is 2.46. The van der Waals surface area contributed by atoms with E-state index in [2.05, 4.69) is 9.83 Å². The molecule has 0 aliphatic heterocycles. The van der Waals surface area contributed by atoms with Crippen LogP contribution in [0.25, 0.3) is 4.85 Å². The summed E-state index contributed by atoms with van der Waals surface area (Å²) in [4.78, 5) is 7.24. The van der Waals surface area contributed by atoms with Crippen molar-refractivity contribution in [1.82, 2.24) is 4.98 Å². The molecule has 0 atom stereocenters. The Balaban J connectivity index is 2.67. The van der Waals surface area contributed by atoms with E-state index in [9.17, 15) is 0 Å². The number of hydrogen-bond donors (Lipinski definition) is 0. The molecule has 0 saturated carbocycles. The molecule has 3 heteroatoms. The molecule has 0 radical (unpaired) electrons. The van der Waals surface area contributed by atoms with Crippen LogP contribution in [0.2, 0.25) is 0 Å². The lowest BCUT2D eigenvalue weighted by Crippen LogP contribution is -1.91. The Hall–Kier alpha value is -1.56. The second-order valence-electron chi connectivity index (χ2n) is 2.34. The van der Waals surface area contributed by atoms with E-state index in [1.165, 1.54) is 0 Å². The summed E-state index contributed by atoms with van der Waals surface area (Å²) in [5.41, 5.74) is 1.10. The van der Waals surface area contributed by atoms with Crippen LogP contribution < -0.4 is 4.74 Å². The van der Waals surface area contributed by atoms with Crippen molar-refractivity contribution in [2.75, 3.05) is 13.7 Å². The highest BCUT2D eigenvalue weighted by molar-refractivity contribution is 5.20. The van der Waals surface area contributed by atoms with E-state index < -0.39 is 0 Å². The van der Waals surface area contributed by atoms with Gasteiger partial charge in [0.1, 0.15) is 0 Å². The third kappa shape index (κ3) is 2.24. The topological polar surface area (TPSA) is 26.5 Å². The zero-order valence-electron chi connectivity index (χ0n) is 6.95. The first-order chi connectivity index (χ1) is 5.86. The summed E-state index contributed by atoms with van der Waals surface area (Å²) >= 11 is 0. The van der Waals surface area contributed by atoms with Crippen LogP contribution in [0.15, 0.2) is 18.3 Å². The monoisotopic (exact) mass is 162 g/mol. The Kier molecular flexibility index (Phi) is 3.09. The summed E-state index contributed by atoms with van der Waals surface area (Å²) in [6.45, 7) is 7.15. The molecule has 3 nitrogen and oxygen atoms in total. The van der Waals surface area contributed by atoms with E-state index in [1.54, 1.807) is 13.3 Å². The molecule has 0 amide bonds. The van der Waals surface area contributed by atoms with E-state index in [4.69, 9.17) is 11.3 Å². The maximum absolute atomic E-state index is 6.63. The third-order valence-electron chi connectivity index (χ3n) is 1.52. The van der Waals surface area contributed by atoms with E-state index in [0.29, 0.717) is 12.4 Å². The smallest absolute Gasteiger partial charge is 0.218 e. The molecule has 0 bridgehead atoms. The average molecular weight is 162 g/mol. The summed E-state index contributed by atoms with van der Waals surface area (Å²) in [5.74, 6) is 0.609. The van der Waals surface area contributed by atoms with Gasteiger partial charge in [-0.1, -0.05) is 0 Å². The SMILES string of the molecule is [C-]#[N+]CCc1ccnc(OC)c1. The van der Waals surface area contributed by atoms with Gasteiger partial charge in [-0.25, -0.2) is 11.6 Å². The fourth-order valence-corrected chi connectivity index (χ4v) is 0.903. The second-order valence-corrected chi connectivity index (χ2v) is 2.34. The molecule has 0 N–H and O–H groups in total. The predicted octanol–water partition coefficient (Wildman–Crippen LogP) is 1.55. The van der Waals surface area contributed by atoms with Gasteiger partial charge in [-0.3, -0.25) is 0 Å². The van der Waals surface area contributed by atoms with Crippen molar-refractivity contribution < 1.29 is 4.74 Å². The van der Waals surface area contributed by atoms with E-state index >= 15 is 0 Å². The van der Waals surface area contributed by atoms with Crippen LogP contribution >= 0.6 is 0 Å². The number of ether oxygens (including phenoxy) is 1. The Morgan fingerprint density at radius 3 is 3.17 bits per heavy atom. The van der Waals surface area contributed by atoms with Gasteiger partial charge in [-0.2, -0.15) is 0 Å². The van der Waals surface area contributed by atoms with Crippen LogP contribution in [0.3, 0.4) is 0 Å². The molecule has 0 fully saturated rings. The van der Waals surface area contributed by atoms with Gasteiger partial charge in [-0.15, -0.1) is 0 Å².